The molecule has 0 saturated carbocycles. The summed E-state index contributed by atoms with van der Waals surface area (Å²) in [5, 5.41) is 1.01. The van der Waals surface area contributed by atoms with Crippen LogP contribution in [0.25, 0.3) is 0 Å². The molecule has 0 atom stereocenters. The Bertz CT molecular complexity index is 457. The molecule has 16 heavy (non-hydrogen) atoms. The Labute approximate surface area is 98.9 Å². The van der Waals surface area contributed by atoms with Gasteiger partial charge in [0.25, 0.3) is 0 Å². The lowest BCUT2D eigenvalue weighted by atomic mass is 10.3. The van der Waals surface area contributed by atoms with Gasteiger partial charge in [0.2, 0.25) is 0 Å². The summed E-state index contributed by atoms with van der Waals surface area (Å²) in [6, 6.07) is 7.38. The summed E-state index contributed by atoms with van der Waals surface area (Å²) in [5.74, 6) is 0.819. The van der Waals surface area contributed by atoms with Gasteiger partial charge in [0, 0.05) is 10.6 Å². The number of thiazole rings is 1. The van der Waals surface area contributed by atoms with Gasteiger partial charge in [0.1, 0.15) is 17.4 Å². The molecular formula is C12H14N2OS. The van der Waals surface area contributed by atoms with Gasteiger partial charge in [-0.15, -0.1) is 11.3 Å². The van der Waals surface area contributed by atoms with Gasteiger partial charge in [0.15, 0.2) is 0 Å². The third kappa shape index (κ3) is 2.52. The molecule has 0 aliphatic rings. The molecule has 0 bridgehead atoms. The second kappa shape index (κ2) is 4.53. The molecule has 0 spiro atoms. The third-order valence-electron chi connectivity index (χ3n) is 2.32. The van der Waals surface area contributed by atoms with Gasteiger partial charge in [-0.2, -0.15) is 0 Å². The largest absolute Gasteiger partial charge is 0.486 e. The maximum atomic E-state index is 5.61. The number of aryl methyl sites for hydroxylation is 2. The Morgan fingerprint density at radius 1 is 1.25 bits per heavy atom. The van der Waals surface area contributed by atoms with Crippen molar-refractivity contribution in [3.8, 4) is 5.75 Å². The molecule has 0 aliphatic carbocycles. The molecule has 0 fully saturated rings. The van der Waals surface area contributed by atoms with Gasteiger partial charge < -0.3 is 10.5 Å². The van der Waals surface area contributed by atoms with E-state index < -0.39 is 0 Å². The Morgan fingerprint density at radius 2 is 1.94 bits per heavy atom. The number of nitrogen functional groups attached to an aromatic ring is 1. The maximum absolute atomic E-state index is 5.61. The van der Waals surface area contributed by atoms with Crippen LogP contribution in [0.5, 0.6) is 5.75 Å². The van der Waals surface area contributed by atoms with Crippen molar-refractivity contribution in [2.24, 2.45) is 0 Å². The predicted molar refractivity (Wildman–Crippen MR) is 66.8 cm³/mol. The standard InChI is InChI=1S/C12H14N2OS/c1-8-9(2)16-12(14-8)7-15-11-5-3-10(13)4-6-11/h3-6H,7,13H2,1-2H3. The monoisotopic (exact) mass is 234 g/mol. The van der Waals surface area contributed by atoms with Crippen LogP contribution in [0.15, 0.2) is 24.3 Å². The summed E-state index contributed by atoms with van der Waals surface area (Å²) in [5.41, 5.74) is 7.42. The maximum Gasteiger partial charge on any atom is 0.140 e. The molecule has 0 amide bonds. The average molecular weight is 234 g/mol. The fourth-order valence-corrected chi connectivity index (χ4v) is 2.16. The molecule has 0 saturated heterocycles. The molecule has 2 rings (SSSR count). The zero-order valence-corrected chi connectivity index (χ0v) is 10.2. The molecule has 84 valence electrons. The van der Waals surface area contributed by atoms with Gasteiger partial charge in [0.05, 0.1) is 5.69 Å². The molecule has 2 aromatic rings. The SMILES string of the molecule is Cc1nc(COc2ccc(N)cc2)sc1C. The number of nitrogens with zero attached hydrogens (tertiary/aromatic N) is 1. The summed E-state index contributed by atoms with van der Waals surface area (Å²) < 4.78 is 5.61. The van der Waals surface area contributed by atoms with Crippen molar-refractivity contribution in [1.82, 2.24) is 4.98 Å². The topological polar surface area (TPSA) is 48.1 Å². The van der Waals surface area contributed by atoms with E-state index in [0.717, 1.165) is 22.1 Å². The third-order valence-corrected chi connectivity index (χ3v) is 3.36. The highest BCUT2D eigenvalue weighted by Crippen LogP contribution is 2.19. The van der Waals surface area contributed by atoms with Crippen LogP contribution in [0.2, 0.25) is 0 Å². The van der Waals surface area contributed by atoms with Crippen LogP contribution in [0.4, 0.5) is 5.69 Å². The van der Waals surface area contributed by atoms with Gasteiger partial charge in [-0.1, -0.05) is 0 Å². The first-order valence-corrected chi connectivity index (χ1v) is 5.88. The fraction of sp³-hybridized carbons (Fsp3) is 0.250. The number of anilines is 1. The Balaban J connectivity index is 1.99. The van der Waals surface area contributed by atoms with Crippen molar-refractivity contribution in [2.75, 3.05) is 5.73 Å². The van der Waals surface area contributed by atoms with Gasteiger partial charge in [-0.05, 0) is 38.1 Å². The Kier molecular flexibility index (Phi) is 3.10. The minimum Gasteiger partial charge on any atom is -0.486 e. The van der Waals surface area contributed by atoms with Crippen molar-refractivity contribution < 1.29 is 4.74 Å². The van der Waals surface area contributed by atoms with Crippen LogP contribution in [0.3, 0.4) is 0 Å². The number of hydrogen-bond donors (Lipinski definition) is 1. The minimum absolute atomic E-state index is 0.517. The van der Waals surface area contributed by atoms with E-state index in [2.05, 4.69) is 11.9 Å². The second-order valence-electron chi connectivity index (χ2n) is 3.61. The lowest BCUT2D eigenvalue weighted by Crippen LogP contribution is -1.95. The summed E-state index contributed by atoms with van der Waals surface area (Å²) in [4.78, 5) is 5.66. The summed E-state index contributed by atoms with van der Waals surface area (Å²) in [7, 11) is 0. The normalized spacial score (nSPS) is 10.4. The molecule has 0 aliphatic heterocycles. The van der Waals surface area contributed by atoms with Crippen molar-refractivity contribution in [3.05, 3.63) is 39.8 Å². The van der Waals surface area contributed by atoms with E-state index in [1.807, 2.05) is 31.2 Å². The molecule has 2 N–H and O–H groups in total. The summed E-state index contributed by atoms with van der Waals surface area (Å²) >= 11 is 1.68. The van der Waals surface area contributed by atoms with Gasteiger partial charge in [-0.25, -0.2) is 4.98 Å². The zero-order valence-electron chi connectivity index (χ0n) is 9.36. The molecule has 0 radical (unpaired) electrons. The van der Waals surface area contributed by atoms with Crippen LogP contribution in [-0.2, 0) is 6.61 Å². The van der Waals surface area contributed by atoms with E-state index in [4.69, 9.17) is 10.5 Å². The summed E-state index contributed by atoms with van der Waals surface area (Å²) in [6.45, 7) is 4.60. The Morgan fingerprint density at radius 3 is 2.50 bits per heavy atom. The van der Waals surface area contributed by atoms with E-state index in [9.17, 15) is 0 Å². The first kappa shape index (κ1) is 11.0. The molecule has 3 nitrogen and oxygen atoms in total. The van der Waals surface area contributed by atoms with Gasteiger partial charge >= 0.3 is 0 Å². The molecule has 1 aromatic carbocycles. The highest BCUT2D eigenvalue weighted by molar-refractivity contribution is 7.11. The number of aromatic nitrogens is 1. The van der Waals surface area contributed by atoms with E-state index >= 15 is 0 Å². The number of ether oxygens (including phenoxy) is 1. The summed E-state index contributed by atoms with van der Waals surface area (Å²) in [6.07, 6.45) is 0. The van der Waals surface area contributed by atoms with Crippen molar-refractivity contribution in [2.45, 2.75) is 20.5 Å². The van der Waals surface area contributed by atoms with E-state index in [-0.39, 0.29) is 0 Å². The number of rotatable bonds is 3. The van der Waals surface area contributed by atoms with Crippen molar-refractivity contribution >= 4 is 17.0 Å². The number of nitrogens with two attached hydrogens (primary N) is 1. The van der Waals surface area contributed by atoms with E-state index in [1.165, 1.54) is 4.88 Å². The zero-order chi connectivity index (χ0) is 11.5. The average Bonchev–Trinajstić information content (AvgIpc) is 2.58. The molecule has 1 aromatic heterocycles. The second-order valence-corrected chi connectivity index (χ2v) is 4.89. The van der Waals surface area contributed by atoms with Crippen molar-refractivity contribution in [1.29, 1.82) is 0 Å². The van der Waals surface area contributed by atoms with Crippen LogP contribution >= 0.6 is 11.3 Å². The molecule has 0 unspecified atom stereocenters. The predicted octanol–water partition coefficient (Wildman–Crippen LogP) is 2.92. The quantitative estimate of drug-likeness (QED) is 0.831. The van der Waals surface area contributed by atoms with E-state index in [1.54, 1.807) is 11.3 Å². The molecule has 4 heteroatoms. The fourth-order valence-electron chi connectivity index (χ4n) is 1.31. The highest BCUT2D eigenvalue weighted by atomic mass is 32.1. The van der Waals surface area contributed by atoms with Gasteiger partial charge in [-0.3, -0.25) is 0 Å². The smallest absolute Gasteiger partial charge is 0.140 e. The van der Waals surface area contributed by atoms with Crippen LogP contribution in [0.1, 0.15) is 15.6 Å². The lowest BCUT2D eigenvalue weighted by Gasteiger charge is -2.03. The number of hydrogen-bond acceptors (Lipinski definition) is 4. The number of benzene rings is 1. The molecule has 1 heterocycles. The first-order valence-electron chi connectivity index (χ1n) is 5.06. The van der Waals surface area contributed by atoms with Crippen LogP contribution in [-0.4, -0.2) is 4.98 Å². The van der Waals surface area contributed by atoms with E-state index in [0.29, 0.717) is 6.61 Å². The first-order chi connectivity index (χ1) is 7.65. The van der Waals surface area contributed by atoms with Crippen LogP contribution < -0.4 is 10.5 Å². The minimum atomic E-state index is 0.517. The van der Waals surface area contributed by atoms with Crippen LogP contribution in [0, 0.1) is 13.8 Å². The van der Waals surface area contributed by atoms with Crippen molar-refractivity contribution in [3.63, 3.8) is 0 Å². The molecular weight excluding hydrogens is 220 g/mol. The Hall–Kier alpha value is -1.55. The highest BCUT2D eigenvalue weighted by Gasteiger charge is 2.04. The lowest BCUT2D eigenvalue weighted by molar-refractivity contribution is 0.305.